The molecule has 6 nitrogen and oxygen atoms in total. The van der Waals surface area contributed by atoms with Gasteiger partial charge in [0.05, 0.1) is 5.54 Å². The minimum atomic E-state index is -0.423. The molecule has 0 atom stereocenters. The van der Waals surface area contributed by atoms with Gasteiger partial charge in [-0.2, -0.15) is 0 Å². The topological polar surface area (TPSA) is 76.7 Å². The molecule has 1 aliphatic rings. The van der Waals surface area contributed by atoms with E-state index in [0.717, 1.165) is 13.1 Å². The molecule has 98 valence electrons. The molecule has 1 heterocycles. The number of hydrogen-bond acceptors (Lipinski definition) is 3. The van der Waals surface area contributed by atoms with E-state index in [4.69, 9.17) is 11.1 Å². The molecule has 0 aliphatic carbocycles. The van der Waals surface area contributed by atoms with Gasteiger partial charge in [-0.3, -0.25) is 10.3 Å². The highest BCUT2D eigenvalue weighted by Gasteiger charge is 2.33. The summed E-state index contributed by atoms with van der Waals surface area (Å²) in [5, 5.41) is 7.58. The predicted molar refractivity (Wildman–Crippen MR) is 68.2 cm³/mol. The fourth-order valence-corrected chi connectivity index (χ4v) is 1.91. The van der Waals surface area contributed by atoms with Gasteiger partial charge in [-0.15, -0.1) is 0 Å². The molecular weight excluding hydrogens is 218 g/mol. The van der Waals surface area contributed by atoms with Crippen LogP contribution in [0.3, 0.4) is 0 Å². The molecule has 3 N–H and O–H groups in total. The van der Waals surface area contributed by atoms with Gasteiger partial charge in [0.15, 0.2) is 0 Å². The summed E-state index contributed by atoms with van der Waals surface area (Å²) >= 11 is 0. The molecule has 0 aromatic heterocycles. The highest BCUT2D eigenvalue weighted by Crippen LogP contribution is 2.17. The second kappa shape index (κ2) is 4.91. The standard InChI is InChI=1S/C11H23N5O/c1-11(2,9(12)13)16-7-5-15(6-8-16)10(17)14(3)4/h5-8H2,1-4H3,(H3,12,13). The summed E-state index contributed by atoms with van der Waals surface area (Å²) < 4.78 is 0. The fraction of sp³-hybridized carbons (Fsp3) is 0.818. The Hall–Kier alpha value is -1.30. The molecule has 17 heavy (non-hydrogen) atoms. The van der Waals surface area contributed by atoms with Crippen molar-refractivity contribution < 1.29 is 4.79 Å². The van der Waals surface area contributed by atoms with Crippen LogP contribution in [-0.4, -0.2) is 72.4 Å². The lowest BCUT2D eigenvalue weighted by molar-refractivity contribution is 0.0880. The van der Waals surface area contributed by atoms with Crippen molar-refractivity contribution >= 4 is 11.9 Å². The number of hydrogen-bond donors (Lipinski definition) is 2. The Balaban J connectivity index is 2.57. The molecule has 2 amide bonds. The van der Waals surface area contributed by atoms with Crippen LogP contribution in [0.25, 0.3) is 0 Å². The zero-order valence-corrected chi connectivity index (χ0v) is 11.2. The summed E-state index contributed by atoms with van der Waals surface area (Å²) in [5.41, 5.74) is 5.17. The maximum atomic E-state index is 11.8. The van der Waals surface area contributed by atoms with Crippen molar-refractivity contribution in [2.45, 2.75) is 19.4 Å². The van der Waals surface area contributed by atoms with E-state index in [1.807, 2.05) is 18.7 Å². The van der Waals surface area contributed by atoms with Crippen LogP contribution in [0.1, 0.15) is 13.8 Å². The van der Waals surface area contributed by atoms with Crippen LogP contribution in [0.4, 0.5) is 4.79 Å². The molecule has 0 radical (unpaired) electrons. The number of amidine groups is 1. The van der Waals surface area contributed by atoms with Crippen molar-refractivity contribution in [2.24, 2.45) is 5.73 Å². The predicted octanol–water partition coefficient (Wildman–Crippen LogP) is 0.000170. The second-order valence-electron chi connectivity index (χ2n) is 5.12. The van der Waals surface area contributed by atoms with Gasteiger partial charge in [0.2, 0.25) is 0 Å². The molecule has 1 rings (SSSR count). The lowest BCUT2D eigenvalue weighted by atomic mass is 10.0. The fourth-order valence-electron chi connectivity index (χ4n) is 1.91. The van der Waals surface area contributed by atoms with E-state index in [9.17, 15) is 4.79 Å². The van der Waals surface area contributed by atoms with E-state index in [-0.39, 0.29) is 11.9 Å². The van der Waals surface area contributed by atoms with Crippen LogP contribution in [0, 0.1) is 5.41 Å². The summed E-state index contributed by atoms with van der Waals surface area (Å²) in [7, 11) is 3.52. The van der Waals surface area contributed by atoms with Crippen LogP contribution < -0.4 is 5.73 Å². The van der Waals surface area contributed by atoms with Gasteiger partial charge in [-0.25, -0.2) is 4.79 Å². The molecule has 6 heteroatoms. The SMILES string of the molecule is CN(C)C(=O)N1CCN(C(C)(C)C(=N)N)CC1. The summed E-state index contributed by atoms with van der Waals surface area (Å²) in [5.74, 6) is 0.171. The minimum absolute atomic E-state index is 0.0466. The molecule has 1 fully saturated rings. The molecule has 0 aromatic rings. The molecule has 0 unspecified atom stereocenters. The third-order valence-corrected chi connectivity index (χ3v) is 3.38. The number of carbonyl (C=O) groups is 1. The first kappa shape index (κ1) is 13.8. The minimum Gasteiger partial charge on any atom is -0.386 e. The Morgan fingerprint density at radius 2 is 1.71 bits per heavy atom. The van der Waals surface area contributed by atoms with Gasteiger partial charge in [0.1, 0.15) is 5.84 Å². The Labute approximate surface area is 103 Å². The maximum absolute atomic E-state index is 11.8. The molecule has 1 saturated heterocycles. The average molecular weight is 241 g/mol. The van der Waals surface area contributed by atoms with E-state index in [0.29, 0.717) is 13.1 Å². The number of amides is 2. The summed E-state index contributed by atoms with van der Waals surface area (Å²) in [6.45, 7) is 6.78. The first-order valence-electron chi connectivity index (χ1n) is 5.82. The van der Waals surface area contributed by atoms with Crippen molar-refractivity contribution in [3.63, 3.8) is 0 Å². The van der Waals surface area contributed by atoms with Crippen molar-refractivity contribution in [2.75, 3.05) is 40.3 Å². The quantitative estimate of drug-likeness (QED) is 0.528. The van der Waals surface area contributed by atoms with Crippen molar-refractivity contribution in [3.05, 3.63) is 0 Å². The number of nitrogens with zero attached hydrogens (tertiary/aromatic N) is 3. The lowest BCUT2D eigenvalue weighted by Gasteiger charge is -2.43. The number of piperazine rings is 1. The monoisotopic (exact) mass is 241 g/mol. The summed E-state index contributed by atoms with van der Waals surface area (Å²) in [6.07, 6.45) is 0. The van der Waals surface area contributed by atoms with E-state index in [1.54, 1.807) is 19.0 Å². The summed E-state index contributed by atoms with van der Waals surface area (Å²) in [4.78, 5) is 17.3. The number of urea groups is 1. The second-order valence-corrected chi connectivity index (χ2v) is 5.12. The van der Waals surface area contributed by atoms with Gasteiger partial charge in [-0.1, -0.05) is 0 Å². The molecule has 0 spiro atoms. The molecule has 0 bridgehead atoms. The Bertz CT molecular complexity index is 305. The Morgan fingerprint density at radius 1 is 1.24 bits per heavy atom. The van der Waals surface area contributed by atoms with Crippen molar-refractivity contribution in [1.29, 1.82) is 5.41 Å². The van der Waals surface area contributed by atoms with Gasteiger partial charge < -0.3 is 15.5 Å². The van der Waals surface area contributed by atoms with Crippen LogP contribution >= 0.6 is 0 Å². The highest BCUT2D eigenvalue weighted by atomic mass is 16.2. The first-order valence-corrected chi connectivity index (χ1v) is 5.82. The summed E-state index contributed by atoms with van der Waals surface area (Å²) in [6, 6.07) is 0.0466. The number of nitrogens with one attached hydrogen (secondary N) is 1. The van der Waals surface area contributed by atoms with E-state index >= 15 is 0 Å². The van der Waals surface area contributed by atoms with Crippen LogP contribution in [0.2, 0.25) is 0 Å². The zero-order valence-electron chi connectivity index (χ0n) is 11.2. The van der Waals surface area contributed by atoms with Crippen molar-refractivity contribution in [1.82, 2.24) is 14.7 Å². The normalized spacial score (nSPS) is 18.0. The molecule has 1 aliphatic heterocycles. The van der Waals surface area contributed by atoms with E-state index in [1.165, 1.54) is 0 Å². The third kappa shape index (κ3) is 2.88. The van der Waals surface area contributed by atoms with E-state index < -0.39 is 5.54 Å². The van der Waals surface area contributed by atoms with Gasteiger partial charge >= 0.3 is 6.03 Å². The van der Waals surface area contributed by atoms with Crippen LogP contribution in [-0.2, 0) is 0 Å². The number of carbonyl (C=O) groups excluding carboxylic acids is 1. The largest absolute Gasteiger partial charge is 0.386 e. The highest BCUT2D eigenvalue weighted by molar-refractivity contribution is 5.86. The van der Waals surface area contributed by atoms with Crippen molar-refractivity contribution in [3.8, 4) is 0 Å². The third-order valence-electron chi connectivity index (χ3n) is 3.38. The van der Waals surface area contributed by atoms with E-state index in [2.05, 4.69) is 4.90 Å². The Kier molecular flexibility index (Phi) is 3.98. The van der Waals surface area contributed by atoms with Gasteiger partial charge in [0.25, 0.3) is 0 Å². The van der Waals surface area contributed by atoms with Crippen LogP contribution in [0.15, 0.2) is 0 Å². The first-order chi connectivity index (χ1) is 7.76. The molecule has 0 aromatic carbocycles. The number of rotatable bonds is 2. The Morgan fingerprint density at radius 3 is 2.06 bits per heavy atom. The maximum Gasteiger partial charge on any atom is 0.319 e. The molecule has 0 saturated carbocycles. The zero-order chi connectivity index (χ0) is 13.2. The smallest absolute Gasteiger partial charge is 0.319 e. The van der Waals surface area contributed by atoms with Crippen LogP contribution in [0.5, 0.6) is 0 Å². The average Bonchev–Trinajstić information content (AvgIpc) is 2.27. The number of nitrogens with two attached hydrogens (primary N) is 1. The van der Waals surface area contributed by atoms with Gasteiger partial charge in [-0.05, 0) is 13.8 Å². The molecular formula is C11H23N5O. The lowest BCUT2D eigenvalue weighted by Crippen LogP contribution is -2.60. The van der Waals surface area contributed by atoms with Gasteiger partial charge in [0, 0.05) is 40.3 Å².